The molecule has 0 amide bonds. The van der Waals surface area contributed by atoms with Gasteiger partial charge in [0, 0.05) is 13.1 Å². The summed E-state index contributed by atoms with van der Waals surface area (Å²) in [5, 5.41) is 8.88. The molecule has 20 heavy (non-hydrogen) atoms. The number of carboxylic acid groups (broad SMARTS) is 1. The van der Waals surface area contributed by atoms with Crippen LogP contribution in [0, 0.1) is 11.3 Å². The summed E-state index contributed by atoms with van der Waals surface area (Å²) >= 11 is 0.814. The predicted molar refractivity (Wildman–Crippen MR) is 77.6 cm³/mol. The Bertz CT molecular complexity index is 613. The van der Waals surface area contributed by atoms with Crippen molar-refractivity contribution in [3.05, 3.63) is 17.0 Å². The molecule has 1 fully saturated rings. The van der Waals surface area contributed by atoms with Crippen molar-refractivity contribution < 1.29 is 18.3 Å². The van der Waals surface area contributed by atoms with Gasteiger partial charge in [0.15, 0.2) is 0 Å². The normalized spacial score (nSPS) is 21.2. The van der Waals surface area contributed by atoms with Gasteiger partial charge in [-0.05, 0) is 29.9 Å². The number of hydrogen-bond donors (Lipinski definition) is 1. The molecule has 7 heteroatoms. The quantitative estimate of drug-likeness (QED) is 0.929. The van der Waals surface area contributed by atoms with Gasteiger partial charge in [-0.25, -0.2) is 13.2 Å². The molecule has 1 N–H and O–H groups in total. The van der Waals surface area contributed by atoms with Gasteiger partial charge in [0.1, 0.15) is 9.09 Å². The van der Waals surface area contributed by atoms with Crippen molar-refractivity contribution in [3.8, 4) is 0 Å². The summed E-state index contributed by atoms with van der Waals surface area (Å²) in [4.78, 5) is 10.9. The molecule has 0 aliphatic carbocycles. The summed E-state index contributed by atoms with van der Waals surface area (Å²) in [6.07, 6.45) is 0.847. The van der Waals surface area contributed by atoms with Crippen molar-refractivity contribution in [2.24, 2.45) is 11.3 Å². The third-order valence-electron chi connectivity index (χ3n) is 3.76. The van der Waals surface area contributed by atoms with Gasteiger partial charge >= 0.3 is 5.97 Å². The number of aromatic carboxylic acids is 1. The van der Waals surface area contributed by atoms with Gasteiger partial charge in [-0.2, -0.15) is 4.31 Å². The number of sulfonamides is 1. The molecule has 1 aliphatic rings. The maximum atomic E-state index is 12.5. The highest BCUT2D eigenvalue weighted by Crippen LogP contribution is 2.36. The molecular weight excluding hydrogens is 298 g/mol. The van der Waals surface area contributed by atoms with E-state index in [1.54, 1.807) is 0 Å². The van der Waals surface area contributed by atoms with Gasteiger partial charge in [0.25, 0.3) is 10.0 Å². The lowest BCUT2D eigenvalue weighted by atomic mass is 9.80. The van der Waals surface area contributed by atoms with Crippen molar-refractivity contribution in [1.29, 1.82) is 0 Å². The molecule has 0 aromatic carbocycles. The van der Waals surface area contributed by atoms with E-state index in [2.05, 4.69) is 20.8 Å². The minimum absolute atomic E-state index is 0.0511. The van der Waals surface area contributed by atoms with Crippen LogP contribution in [0.3, 0.4) is 0 Å². The first kappa shape index (κ1) is 15.5. The zero-order chi connectivity index (χ0) is 15.1. The predicted octanol–water partition coefficient (Wildman–Crippen LogP) is 2.50. The number of carboxylic acids is 1. The van der Waals surface area contributed by atoms with Gasteiger partial charge in [0.2, 0.25) is 0 Å². The third kappa shape index (κ3) is 2.89. The van der Waals surface area contributed by atoms with Gasteiger partial charge < -0.3 is 5.11 Å². The maximum absolute atomic E-state index is 12.5. The molecule has 0 bridgehead atoms. The first-order valence-electron chi connectivity index (χ1n) is 6.45. The van der Waals surface area contributed by atoms with E-state index in [9.17, 15) is 13.2 Å². The van der Waals surface area contributed by atoms with E-state index in [1.807, 2.05) is 0 Å². The lowest BCUT2D eigenvalue weighted by Gasteiger charge is -2.26. The second-order valence-electron chi connectivity index (χ2n) is 6.14. The summed E-state index contributed by atoms with van der Waals surface area (Å²) in [6, 6.07) is 2.73. The molecule has 1 atom stereocenters. The van der Waals surface area contributed by atoms with E-state index in [0.717, 1.165) is 17.8 Å². The summed E-state index contributed by atoms with van der Waals surface area (Å²) in [6.45, 7) is 7.35. The highest BCUT2D eigenvalue weighted by molar-refractivity contribution is 7.91. The average molecular weight is 317 g/mol. The monoisotopic (exact) mass is 317 g/mol. The van der Waals surface area contributed by atoms with Crippen molar-refractivity contribution >= 4 is 27.3 Å². The van der Waals surface area contributed by atoms with Gasteiger partial charge in [-0.15, -0.1) is 11.3 Å². The van der Waals surface area contributed by atoms with Crippen LogP contribution in [0.25, 0.3) is 0 Å². The Morgan fingerprint density at radius 1 is 1.40 bits per heavy atom. The molecule has 0 radical (unpaired) electrons. The zero-order valence-electron chi connectivity index (χ0n) is 11.8. The first-order chi connectivity index (χ1) is 9.12. The Morgan fingerprint density at radius 3 is 2.50 bits per heavy atom. The van der Waals surface area contributed by atoms with Crippen molar-refractivity contribution in [2.45, 2.75) is 31.4 Å². The number of rotatable bonds is 3. The molecule has 112 valence electrons. The summed E-state index contributed by atoms with van der Waals surface area (Å²) in [7, 11) is -3.56. The van der Waals surface area contributed by atoms with Crippen LogP contribution in [0.5, 0.6) is 0 Å². The van der Waals surface area contributed by atoms with E-state index in [4.69, 9.17) is 5.11 Å². The second kappa shape index (κ2) is 5.13. The highest BCUT2D eigenvalue weighted by Gasteiger charge is 2.38. The van der Waals surface area contributed by atoms with E-state index < -0.39 is 16.0 Å². The Kier molecular flexibility index (Phi) is 3.96. The molecular formula is C13H19NO4S2. The molecule has 2 heterocycles. The summed E-state index contributed by atoms with van der Waals surface area (Å²) in [5.41, 5.74) is 0.0753. The van der Waals surface area contributed by atoms with Crippen LogP contribution in [0.1, 0.15) is 36.9 Å². The van der Waals surface area contributed by atoms with Crippen LogP contribution in [0.15, 0.2) is 16.3 Å². The Labute approximate surface area is 123 Å². The van der Waals surface area contributed by atoms with E-state index in [0.29, 0.717) is 19.0 Å². The average Bonchev–Trinajstić information content (AvgIpc) is 2.98. The van der Waals surface area contributed by atoms with Crippen molar-refractivity contribution in [1.82, 2.24) is 4.31 Å². The van der Waals surface area contributed by atoms with Gasteiger partial charge in [-0.3, -0.25) is 0 Å². The summed E-state index contributed by atoms with van der Waals surface area (Å²) < 4.78 is 26.6. The lowest BCUT2D eigenvalue weighted by Crippen LogP contribution is -2.30. The molecule has 1 aromatic heterocycles. The lowest BCUT2D eigenvalue weighted by molar-refractivity contribution is 0.0702. The van der Waals surface area contributed by atoms with Gasteiger partial charge in [-0.1, -0.05) is 20.8 Å². The van der Waals surface area contributed by atoms with Crippen molar-refractivity contribution in [3.63, 3.8) is 0 Å². The number of hydrogen-bond acceptors (Lipinski definition) is 4. The van der Waals surface area contributed by atoms with Crippen LogP contribution in [0.2, 0.25) is 0 Å². The summed E-state index contributed by atoms with van der Waals surface area (Å²) in [5.74, 6) is -0.762. The maximum Gasteiger partial charge on any atom is 0.345 e. The first-order valence-corrected chi connectivity index (χ1v) is 8.71. The largest absolute Gasteiger partial charge is 0.477 e. The van der Waals surface area contributed by atoms with E-state index in [-0.39, 0.29) is 14.5 Å². The number of nitrogens with zero attached hydrogens (tertiary/aromatic N) is 1. The molecule has 2 rings (SSSR count). The Morgan fingerprint density at radius 2 is 2.05 bits per heavy atom. The van der Waals surface area contributed by atoms with Crippen LogP contribution < -0.4 is 0 Å². The zero-order valence-corrected chi connectivity index (χ0v) is 13.4. The molecule has 1 unspecified atom stereocenters. The molecule has 0 spiro atoms. The number of carbonyl (C=O) groups is 1. The van der Waals surface area contributed by atoms with E-state index >= 15 is 0 Å². The molecule has 1 aromatic rings. The van der Waals surface area contributed by atoms with Crippen molar-refractivity contribution in [2.75, 3.05) is 13.1 Å². The minimum atomic E-state index is -3.56. The standard InChI is InChI=1S/C13H19NO4S2/c1-13(2,3)9-6-7-14(8-9)20(17,18)11-5-4-10(19-11)12(15)16/h4-5,9H,6-8H2,1-3H3,(H,15,16). The fourth-order valence-electron chi connectivity index (χ4n) is 2.35. The Balaban J connectivity index is 2.21. The molecule has 0 saturated carbocycles. The van der Waals surface area contributed by atoms with E-state index in [1.165, 1.54) is 16.4 Å². The highest BCUT2D eigenvalue weighted by atomic mass is 32.2. The smallest absolute Gasteiger partial charge is 0.345 e. The molecule has 1 aliphatic heterocycles. The fraction of sp³-hybridized carbons (Fsp3) is 0.615. The molecule has 5 nitrogen and oxygen atoms in total. The Hall–Kier alpha value is -0.920. The minimum Gasteiger partial charge on any atom is -0.477 e. The van der Waals surface area contributed by atoms with Crippen LogP contribution in [0.4, 0.5) is 0 Å². The van der Waals surface area contributed by atoms with Gasteiger partial charge in [0.05, 0.1) is 0 Å². The topological polar surface area (TPSA) is 74.7 Å². The van der Waals surface area contributed by atoms with Crippen LogP contribution in [-0.2, 0) is 10.0 Å². The third-order valence-corrected chi connectivity index (χ3v) is 7.17. The SMILES string of the molecule is CC(C)(C)C1CCN(S(=O)(=O)c2ccc(C(=O)O)s2)C1. The van der Waals surface area contributed by atoms with Crippen LogP contribution in [-0.4, -0.2) is 36.9 Å². The van der Waals surface area contributed by atoms with Crippen LogP contribution >= 0.6 is 11.3 Å². The fourth-order valence-corrected chi connectivity index (χ4v) is 5.15. The molecule has 1 saturated heterocycles. The number of thiophene rings is 1. The second-order valence-corrected chi connectivity index (χ2v) is 9.39.